The quantitative estimate of drug-likeness (QED) is 0.462. The summed E-state index contributed by atoms with van der Waals surface area (Å²) in [4.78, 5) is 11.9. The van der Waals surface area contributed by atoms with E-state index in [1.54, 1.807) is 18.2 Å². The van der Waals surface area contributed by atoms with Gasteiger partial charge < -0.3 is 20.1 Å². The normalized spacial score (nSPS) is 11.3. The molecule has 0 bridgehead atoms. The van der Waals surface area contributed by atoms with Gasteiger partial charge in [0.25, 0.3) is 0 Å². The molecule has 0 unspecified atom stereocenters. The van der Waals surface area contributed by atoms with Gasteiger partial charge in [0, 0.05) is 41.5 Å². The van der Waals surface area contributed by atoms with Crippen LogP contribution in [0.5, 0.6) is 11.5 Å². The third-order valence-electron chi connectivity index (χ3n) is 4.64. The number of aromatic hydroxyl groups is 1. The maximum Gasteiger partial charge on any atom is 0.170 e. The van der Waals surface area contributed by atoms with E-state index in [4.69, 9.17) is 26.6 Å². The van der Waals surface area contributed by atoms with Gasteiger partial charge in [-0.3, -0.25) is 4.79 Å². The van der Waals surface area contributed by atoms with E-state index < -0.39 is 5.92 Å². The van der Waals surface area contributed by atoms with Crippen LogP contribution in [0.4, 0.5) is 0 Å². The van der Waals surface area contributed by atoms with Crippen molar-refractivity contribution in [1.29, 1.82) is 0 Å². The van der Waals surface area contributed by atoms with Crippen molar-refractivity contribution in [2.24, 2.45) is 5.92 Å². The summed E-state index contributed by atoms with van der Waals surface area (Å²) in [6.07, 6.45) is 0.631. The van der Waals surface area contributed by atoms with Crippen molar-refractivity contribution in [2.45, 2.75) is 32.6 Å². The van der Waals surface area contributed by atoms with E-state index in [1.807, 2.05) is 26.0 Å². The molecule has 2 aromatic carbocycles. The lowest BCUT2D eigenvalue weighted by Crippen LogP contribution is -2.20. The Balaban J connectivity index is 2.10. The molecule has 0 amide bonds. The number of benzene rings is 2. The molecule has 0 spiro atoms. The van der Waals surface area contributed by atoms with Gasteiger partial charge in [-0.05, 0) is 40.8 Å². The molecule has 0 heterocycles. The highest BCUT2D eigenvalue weighted by Crippen LogP contribution is 2.34. The van der Waals surface area contributed by atoms with Gasteiger partial charge in [-0.2, -0.15) is 0 Å². The number of hydrogen-bond acceptors (Lipinski definition) is 5. The van der Waals surface area contributed by atoms with E-state index in [9.17, 15) is 9.90 Å². The Morgan fingerprint density at radius 2 is 1.86 bits per heavy atom. The summed E-state index contributed by atoms with van der Waals surface area (Å²) in [5.74, 6) is 0.270. The summed E-state index contributed by atoms with van der Waals surface area (Å²) in [6.45, 7) is 3.40. The highest BCUT2D eigenvalue weighted by atomic mass is 79.9. The van der Waals surface area contributed by atoms with Crippen molar-refractivity contribution in [2.75, 3.05) is 19.8 Å². The summed E-state index contributed by atoms with van der Waals surface area (Å²) >= 11 is 9.97. The first-order chi connectivity index (χ1) is 13.7. The number of phenols is 1. The predicted octanol–water partition coefficient (Wildman–Crippen LogP) is 4.46. The van der Waals surface area contributed by atoms with E-state index in [1.165, 1.54) is 0 Å². The van der Waals surface area contributed by atoms with Crippen LogP contribution in [0.2, 0.25) is 5.02 Å². The lowest BCUT2D eigenvalue weighted by atomic mass is 9.96. The summed E-state index contributed by atoms with van der Waals surface area (Å²) in [7, 11) is 0. The molecule has 29 heavy (non-hydrogen) atoms. The van der Waals surface area contributed by atoms with E-state index in [2.05, 4.69) is 15.9 Å². The molecule has 158 valence electrons. The molecular formula is C22H26BrClO5. The van der Waals surface area contributed by atoms with Crippen LogP contribution in [-0.2, 0) is 11.2 Å². The van der Waals surface area contributed by atoms with Gasteiger partial charge in [0.15, 0.2) is 5.78 Å². The molecule has 0 atom stereocenters. The summed E-state index contributed by atoms with van der Waals surface area (Å²) in [6, 6.07) is 8.96. The molecule has 5 nitrogen and oxygen atoms in total. The molecule has 0 aliphatic heterocycles. The Hall–Kier alpha value is -1.60. The lowest BCUT2D eigenvalue weighted by molar-refractivity contribution is -0.122. The molecule has 0 saturated carbocycles. The van der Waals surface area contributed by atoms with E-state index in [0.717, 1.165) is 21.2 Å². The zero-order chi connectivity index (χ0) is 21.6. The maximum atomic E-state index is 11.9. The van der Waals surface area contributed by atoms with Gasteiger partial charge in [-0.1, -0.05) is 53.5 Å². The minimum atomic E-state index is -0.468. The van der Waals surface area contributed by atoms with Gasteiger partial charge >= 0.3 is 0 Å². The lowest BCUT2D eigenvalue weighted by Gasteiger charge is -2.14. The standard InChI is InChI=1S/C22H26BrClO5/c1-13(2)18-6-14(3-4-22(18)28)7-19-20(23)8-17(9-21(19)24)29-12-16(27)5-15(10-25)11-26/h3-4,6,8-9,13,15,25-26,28H,5,7,10-12H2,1-2H3. The average Bonchev–Trinajstić information content (AvgIpc) is 2.68. The van der Waals surface area contributed by atoms with Crippen LogP contribution >= 0.6 is 27.5 Å². The van der Waals surface area contributed by atoms with E-state index in [0.29, 0.717) is 17.2 Å². The van der Waals surface area contributed by atoms with Crippen molar-refractivity contribution in [1.82, 2.24) is 0 Å². The fraction of sp³-hybridized carbons (Fsp3) is 0.409. The van der Waals surface area contributed by atoms with E-state index >= 15 is 0 Å². The molecule has 0 aliphatic rings. The summed E-state index contributed by atoms with van der Waals surface area (Å²) < 4.78 is 6.29. The second kappa shape index (κ2) is 11.0. The fourth-order valence-corrected chi connectivity index (χ4v) is 3.91. The van der Waals surface area contributed by atoms with Gasteiger partial charge in [-0.25, -0.2) is 0 Å². The monoisotopic (exact) mass is 484 g/mol. The Morgan fingerprint density at radius 1 is 1.17 bits per heavy atom. The van der Waals surface area contributed by atoms with Gasteiger partial charge in [0.05, 0.1) is 0 Å². The van der Waals surface area contributed by atoms with Crippen molar-refractivity contribution in [3.63, 3.8) is 0 Å². The van der Waals surface area contributed by atoms with Crippen molar-refractivity contribution in [3.05, 3.63) is 56.5 Å². The Bertz CT molecular complexity index is 826. The van der Waals surface area contributed by atoms with Crippen LogP contribution in [0, 0.1) is 5.92 Å². The average molecular weight is 486 g/mol. The van der Waals surface area contributed by atoms with Crippen LogP contribution in [0.25, 0.3) is 0 Å². The van der Waals surface area contributed by atoms with Gasteiger partial charge in [-0.15, -0.1) is 0 Å². The minimum absolute atomic E-state index is 0.0546. The number of phenolic OH excluding ortho intramolecular Hbond substituents is 1. The second-order valence-electron chi connectivity index (χ2n) is 7.35. The van der Waals surface area contributed by atoms with Crippen molar-refractivity contribution < 1.29 is 24.9 Å². The number of aliphatic hydroxyl groups excluding tert-OH is 2. The molecule has 0 aromatic heterocycles. The summed E-state index contributed by atoms with van der Waals surface area (Å²) in [5.41, 5.74) is 2.79. The molecule has 0 saturated heterocycles. The molecule has 3 N–H and O–H groups in total. The van der Waals surface area contributed by atoms with Crippen LogP contribution < -0.4 is 4.74 Å². The summed E-state index contributed by atoms with van der Waals surface area (Å²) in [5, 5.41) is 28.6. The van der Waals surface area contributed by atoms with Gasteiger partial charge in [0.2, 0.25) is 0 Å². The number of rotatable bonds is 10. The third kappa shape index (κ3) is 6.71. The Morgan fingerprint density at radius 3 is 2.45 bits per heavy atom. The SMILES string of the molecule is CC(C)c1cc(Cc2c(Cl)cc(OCC(=O)CC(CO)CO)cc2Br)ccc1O. The number of Topliss-reactive ketones (excluding diaryl/α,β-unsaturated/α-hetero) is 1. The number of aliphatic hydroxyl groups is 2. The smallest absolute Gasteiger partial charge is 0.170 e. The third-order valence-corrected chi connectivity index (χ3v) is 5.69. The second-order valence-corrected chi connectivity index (χ2v) is 8.61. The van der Waals surface area contributed by atoms with Crippen LogP contribution in [0.3, 0.4) is 0 Å². The number of ether oxygens (including phenoxy) is 1. The predicted molar refractivity (Wildman–Crippen MR) is 117 cm³/mol. The molecule has 2 aromatic rings. The number of carbonyl (C=O) groups is 1. The van der Waals surface area contributed by atoms with Gasteiger partial charge in [0.1, 0.15) is 18.1 Å². The minimum Gasteiger partial charge on any atom is -0.508 e. The van der Waals surface area contributed by atoms with Crippen LogP contribution in [0.15, 0.2) is 34.8 Å². The fourth-order valence-electron chi connectivity index (χ4n) is 2.94. The highest BCUT2D eigenvalue weighted by molar-refractivity contribution is 9.10. The maximum absolute atomic E-state index is 11.9. The number of halogens is 2. The largest absolute Gasteiger partial charge is 0.508 e. The number of hydrogen-bond donors (Lipinski definition) is 3. The van der Waals surface area contributed by atoms with Crippen LogP contribution in [-0.4, -0.2) is 40.9 Å². The van der Waals surface area contributed by atoms with Crippen molar-refractivity contribution >= 4 is 33.3 Å². The number of ketones is 1. The molecule has 0 fully saturated rings. The van der Waals surface area contributed by atoms with Crippen LogP contribution in [0.1, 0.15) is 42.9 Å². The molecule has 0 aliphatic carbocycles. The van der Waals surface area contributed by atoms with Crippen molar-refractivity contribution in [3.8, 4) is 11.5 Å². The molecule has 7 heteroatoms. The first-order valence-corrected chi connectivity index (χ1v) is 10.6. The molecule has 0 radical (unpaired) electrons. The zero-order valence-electron chi connectivity index (χ0n) is 16.5. The molecule has 2 rings (SSSR count). The first-order valence-electron chi connectivity index (χ1n) is 9.41. The Kier molecular flexibility index (Phi) is 8.96. The number of carbonyl (C=O) groups excluding carboxylic acids is 1. The first kappa shape index (κ1) is 23.7. The topological polar surface area (TPSA) is 87.0 Å². The Labute approximate surface area is 184 Å². The van der Waals surface area contributed by atoms with E-state index in [-0.39, 0.29) is 43.7 Å². The highest BCUT2D eigenvalue weighted by Gasteiger charge is 2.15. The molecular weight excluding hydrogens is 460 g/mol. The zero-order valence-corrected chi connectivity index (χ0v) is 18.8.